The van der Waals surface area contributed by atoms with Crippen molar-refractivity contribution in [3.05, 3.63) is 0 Å². The number of β-amino-alcohol motifs (C(OH)–C–C–N with tert-alkyl or cyclic N) is 1. The van der Waals surface area contributed by atoms with E-state index >= 15 is 0 Å². The molecule has 0 unspecified atom stereocenters. The van der Waals surface area contributed by atoms with E-state index in [1.807, 2.05) is 0 Å². The zero-order valence-electron chi connectivity index (χ0n) is 12.8. The van der Waals surface area contributed by atoms with Crippen LogP contribution in [-0.2, 0) is 4.79 Å². The third-order valence-corrected chi connectivity index (χ3v) is 4.04. The van der Waals surface area contributed by atoms with E-state index in [9.17, 15) is 14.7 Å². The lowest BCUT2D eigenvalue weighted by atomic mass is 10.1. The van der Waals surface area contributed by atoms with E-state index in [2.05, 4.69) is 4.90 Å². The van der Waals surface area contributed by atoms with Crippen molar-refractivity contribution in [2.75, 3.05) is 39.3 Å². The molecule has 120 valence electrons. The molecular weight excluding hydrogens is 274 g/mol. The number of rotatable bonds is 3. The topological polar surface area (TPSA) is 84.3 Å². The Morgan fingerprint density at radius 2 is 1.76 bits per heavy atom. The van der Waals surface area contributed by atoms with Crippen molar-refractivity contribution in [3.63, 3.8) is 0 Å². The fourth-order valence-electron chi connectivity index (χ4n) is 3.08. The second kappa shape index (κ2) is 6.19. The molecule has 0 aliphatic carbocycles. The number of urea groups is 1. The quantitative estimate of drug-likeness (QED) is 0.769. The fraction of sp³-hybridized carbons (Fsp3) is 0.857. The minimum absolute atomic E-state index is 0.164. The van der Waals surface area contributed by atoms with Crippen molar-refractivity contribution >= 4 is 12.0 Å². The minimum Gasteiger partial charge on any atom is -0.480 e. The summed E-state index contributed by atoms with van der Waals surface area (Å²) in [5.41, 5.74) is -0.741. The molecule has 7 nitrogen and oxygen atoms in total. The molecule has 0 aromatic carbocycles. The van der Waals surface area contributed by atoms with Crippen LogP contribution in [0.25, 0.3) is 0 Å². The number of carboxylic acid groups (broad SMARTS) is 1. The van der Waals surface area contributed by atoms with Gasteiger partial charge in [0.25, 0.3) is 0 Å². The molecule has 7 heteroatoms. The predicted molar refractivity (Wildman–Crippen MR) is 77.1 cm³/mol. The molecule has 2 aliphatic rings. The Bertz CT molecular complexity index is 400. The monoisotopic (exact) mass is 299 g/mol. The molecule has 2 heterocycles. The number of hydrogen-bond acceptors (Lipinski definition) is 4. The van der Waals surface area contributed by atoms with E-state index in [-0.39, 0.29) is 6.03 Å². The van der Waals surface area contributed by atoms with Gasteiger partial charge >= 0.3 is 12.0 Å². The molecule has 2 rings (SSSR count). The van der Waals surface area contributed by atoms with Crippen LogP contribution in [0.1, 0.15) is 26.7 Å². The Morgan fingerprint density at radius 3 is 2.29 bits per heavy atom. The number of likely N-dealkylation sites (tertiary alicyclic amines) is 1. The van der Waals surface area contributed by atoms with Crippen molar-refractivity contribution in [2.45, 2.75) is 38.3 Å². The van der Waals surface area contributed by atoms with Gasteiger partial charge in [-0.15, -0.1) is 0 Å². The van der Waals surface area contributed by atoms with E-state index in [1.165, 1.54) is 4.90 Å². The Balaban J connectivity index is 1.87. The molecule has 1 atom stereocenters. The van der Waals surface area contributed by atoms with Crippen molar-refractivity contribution in [2.24, 2.45) is 0 Å². The second-order valence-electron chi connectivity index (χ2n) is 6.55. The lowest BCUT2D eigenvalue weighted by molar-refractivity contribution is -0.141. The maximum Gasteiger partial charge on any atom is 0.326 e. The standard InChI is InChI=1S/C14H25N3O4/c1-14(2,21)10-15-6-8-16(9-7-15)13(20)17-5-3-4-11(17)12(18)19/h11,21H,3-10H2,1-2H3,(H,18,19)/t11-/m1/s1. The molecule has 0 spiro atoms. The van der Waals surface area contributed by atoms with Crippen molar-refractivity contribution in [1.82, 2.24) is 14.7 Å². The van der Waals surface area contributed by atoms with Crippen LogP contribution in [-0.4, -0.2) is 87.8 Å². The van der Waals surface area contributed by atoms with Crippen LogP contribution in [0.2, 0.25) is 0 Å². The first-order chi connectivity index (χ1) is 9.78. The van der Waals surface area contributed by atoms with E-state index in [0.717, 1.165) is 6.42 Å². The molecule has 2 saturated heterocycles. The molecule has 0 bridgehead atoms. The summed E-state index contributed by atoms with van der Waals surface area (Å²) in [7, 11) is 0. The summed E-state index contributed by atoms with van der Waals surface area (Å²) in [5.74, 6) is -0.915. The number of amides is 2. The zero-order chi connectivity index (χ0) is 15.6. The Kier molecular flexibility index (Phi) is 4.73. The van der Waals surface area contributed by atoms with Gasteiger partial charge in [0.15, 0.2) is 0 Å². The van der Waals surface area contributed by atoms with Gasteiger partial charge in [0.05, 0.1) is 5.60 Å². The number of aliphatic carboxylic acids is 1. The average Bonchev–Trinajstić information content (AvgIpc) is 2.86. The summed E-state index contributed by atoms with van der Waals surface area (Å²) < 4.78 is 0. The number of carbonyl (C=O) groups is 2. The van der Waals surface area contributed by atoms with Crippen LogP contribution in [0, 0.1) is 0 Å². The number of aliphatic hydroxyl groups is 1. The molecule has 2 amide bonds. The number of piperazine rings is 1. The molecule has 2 fully saturated rings. The summed E-state index contributed by atoms with van der Waals surface area (Å²) in [6, 6.07) is -0.838. The first-order valence-corrected chi connectivity index (χ1v) is 7.51. The van der Waals surface area contributed by atoms with Crippen molar-refractivity contribution in [3.8, 4) is 0 Å². The highest BCUT2D eigenvalue weighted by molar-refractivity contribution is 5.83. The second-order valence-corrected chi connectivity index (χ2v) is 6.55. The van der Waals surface area contributed by atoms with Gasteiger partial charge in [0.1, 0.15) is 6.04 Å². The largest absolute Gasteiger partial charge is 0.480 e. The van der Waals surface area contributed by atoms with Crippen LogP contribution in [0.4, 0.5) is 4.79 Å². The highest BCUT2D eigenvalue weighted by Crippen LogP contribution is 2.20. The Hall–Kier alpha value is -1.34. The fourth-order valence-corrected chi connectivity index (χ4v) is 3.08. The zero-order valence-corrected chi connectivity index (χ0v) is 12.8. The number of carboxylic acids is 1. The molecule has 0 aromatic rings. The van der Waals surface area contributed by atoms with E-state index in [4.69, 9.17) is 5.11 Å². The average molecular weight is 299 g/mol. The van der Waals surface area contributed by atoms with Gasteiger partial charge in [-0.25, -0.2) is 9.59 Å². The van der Waals surface area contributed by atoms with Gasteiger partial charge in [0, 0.05) is 39.3 Å². The molecule has 2 aliphatic heterocycles. The van der Waals surface area contributed by atoms with Gasteiger partial charge in [0.2, 0.25) is 0 Å². The predicted octanol–water partition coefficient (Wildman–Crippen LogP) is 0.0439. The first kappa shape index (κ1) is 16.0. The molecular formula is C14H25N3O4. The SMILES string of the molecule is CC(C)(O)CN1CCN(C(=O)N2CCC[C@@H]2C(=O)O)CC1. The lowest BCUT2D eigenvalue weighted by Crippen LogP contribution is -2.56. The van der Waals surface area contributed by atoms with Crippen LogP contribution in [0.3, 0.4) is 0 Å². The Labute approximate surface area is 125 Å². The number of nitrogens with zero attached hydrogens (tertiary/aromatic N) is 3. The third-order valence-electron chi connectivity index (χ3n) is 4.04. The maximum atomic E-state index is 12.4. The third kappa shape index (κ3) is 4.07. The van der Waals surface area contributed by atoms with E-state index in [1.54, 1.807) is 18.7 Å². The summed E-state index contributed by atoms with van der Waals surface area (Å²) in [5, 5.41) is 19.0. The minimum atomic E-state index is -0.915. The van der Waals surface area contributed by atoms with Gasteiger partial charge in [-0.05, 0) is 26.7 Å². The van der Waals surface area contributed by atoms with Gasteiger partial charge in [-0.3, -0.25) is 4.90 Å². The maximum absolute atomic E-state index is 12.4. The number of carbonyl (C=O) groups excluding carboxylic acids is 1. The normalized spacial score (nSPS) is 24.4. The highest BCUT2D eigenvalue weighted by atomic mass is 16.4. The van der Waals surface area contributed by atoms with Gasteiger partial charge < -0.3 is 20.0 Å². The van der Waals surface area contributed by atoms with Crippen LogP contribution in [0.15, 0.2) is 0 Å². The number of hydrogen-bond donors (Lipinski definition) is 2. The van der Waals surface area contributed by atoms with Crippen LogP contribution >= 0.6 is 0 Å². The molecule has 0 saturated carbocycles. The molecule has 0 radical (unpaired) electrons. The van der Waals surface area contributed by atoms with Gasteiger partial charge in [-0.2, -0.15) is 0 Å². The summed E-state index contributed by atoms with van der Waals surface area (Å²) in [6.07, 6.45) is 1.29. The summed E-state index contributed by atoms with van der Waals surface area (Å²) >= 11 is 0. The van der Waals surface area contributed by atoms with Crippen molar-refractivity contribution in [1.29, 1.82) is 0 Å². The molecule has 21 heavy (non-hydrogen) atoms. The molecule has 0 aromatic heterocycles. The first-order valence-electron chi connectivity index (χ1n) is 7.51. The van der Waals surface area contributed by atoms with E-state index in [0.29, 0.717) is 45.7 Å². The smallest absolute Gasteiger partial charge is 0.326 e. The summed E-state index contributed by atoms with van der Waals surface area (Å²) in [6.45, 7) is 7.23. The van der Waals surface area contributed by atoms with Gasteiger partial charge in [-0.1, -0.05) is 0 Å². The Morgan fingerprint density at radius 1 is 1.14 bits per heavy atom. The lowest BCUT2D eigenvalue weighted by Gasteiger charge is -2.39. The van der Waals surface area contributed by atoms with Crippen molar-refractivity contribution < 1.29 is 19.8 Å². The summed E-state index contributed by atoms with van der Waals surface area (Å²) in [4.78, 5) is 28.9. The van der Waals surface area contributed by atoms with Crippen LogP contribution < -0.4 is 0 Å². The molecule has 2 N–H and O–H groups in total. The highest BCUT2D eigenvalue weighted by Gasteiger charge is 2.37. The van der Waals surface area contributed by atoms with E-state index < -0.39 is 17.6 Å². The van der Waals surface area contributed by atoms with Crippen LogP contribution in [0.5, 0.6) is 0 Å².